The molecule has 0 amide bonds. The Kier molecular flexibility index (Phi) is 3.06. The van der Waals surface area contributed by atoms with Crippen LogP contribution in [0.1, 0.15) is 5.56 Å². The number of halogens is 2. The first-order chi connectivity index (χ1) is 7.20. The summed E-state index contributed by atoms with van der Waals surface area (Å²) < 4.78 is 1.05. The van der Waals surface area contributed by atoms with Crippen LogP contribution in [0.15, 0.2) is 35.6 Å². The van der Waals surface area contributed by atoms with Crippen molar-refractivity contribution in [3.05, 3.63) is 39.6 Å². The SMILES string of the molecule is O/N=C(\Cl)c1ccc2ncc(I)cc2c1. The number of benzene rings is 1. The van der Waals surface area contributed by atoms with Crippen molar-refractivity contribution in [2.45, 2.75) is 0 Å². The van der Waals surface area contributed by atoms with Crippen molar-refractivity contribution in [3.63, 3.8) is 0 Å². The first-order valence-electron chi connectivity index (χ1n) is 4.14. The molecule has 0 aliphatic carbocycles. The summed E-state index contributed by atoms with van der Waals surface area (Å²) in [5.41, 5.74) is 1.57. The number of hydrogen-bond donors (Lipinski definition) is 1. The molecule has 1 heterocycles. The topological polar surface area (TPSA) is 45.5 Å². The second kappa shape index (κ2) is 4.32. The fourth-order valence-electron chi connectivity index (χ4n) is 1.29. The predicted octanol–water partition coefficient (Wildman–Crippen LogP) is 3.21. The number of hydrogen-bond acceptors (Lipinski definition) is 3. The van der Waals surface area contributed by atoms with Crippen LogP contribution in [-0.4, -0.2) is 15.4 Å². The van der Waals surface area contributed by atoms with E-state index in [0.29, 0.717) is 5.56 Å². The molecular weight excluding hydrogens is 326 g/mol. The molecule has 2 rings (SSSR count). The molecule has 1 N–H and O–H groups in total. The van der Waals surface area contributed by atoms with Crippen LogP contribution in [0.3, 0.4) is 0 Å². The maximum Gasteiger partial charge on any atom is 0.175 e. The van der Waals surface area contributed by atoms with Crippen LogP contribution in [-0.2, 0) is 0 Å². The molecule has 2 aromatic rings. The van der Waals surface area contributed by atoms with Gasteiger partial charge in [0.2, 0.25) is 0 Å². The Morgan fingerprint density at radius 1 is 1.40 bits per heavy atom. The molecule has 0 saturated heterocycles. The minimum Gasteiger partial charge on any atom is -0.410 e. The number of oxime groups is 1. The Balaban J connectivity index is 2.64. The zero-order valence-corrected chi connectivity index (χ0v) is 10.4. The van der Waals surface area contributed by atoms with E-state index in [1.165, 1.54) is 0 Å². The Morgan fingerprint density at radius 3 is 2.93 bits per heavy atom. The summed E-state index contributed by atoms with van der Waals surface area (Å²) in [4.78, 5) is 4.25. The number of pyridine rings is 1. The van der Waals surface area contributed by atoms with E-state index in [1.54, 1.807) is 12.3 Å². The standard InChI is InChI=1S/C10H6ClIN2O/c11-10(14-15)6-1-2-9-7(3-6)4-8(12)5-13-9/h1-5,15H/b14-10-. The van der Waals surface area contributed by atoms with Crippen LogP contribution in [0.25, 0.3) is 10.9 Å². The molecule has 0 saturated carbocycles. The molecule has 1 aromatic carbocycles. The first kappa shape index (κ1) is 10.6. The molecule has 0 unspecified atom stereocenters. The van der Waals surface area contributed by atoms with Gasteiger partial charge >= 0.3 is 0 Å². The molecule has 0 atom stereocenters. The summed E-state index contributed by atoms with van der Waals surface area (Å²) in [5, 5.41) is 12.6. The lowest BCUT2D eigenvalue weighted by Crippen LogP contribution is -1.91. The average molecular weight is 333 g/mol. The summed E-state index contributed by atoms with van der Waals surface area (Å²) in [6.07, 6.45) is 1.80. The maximum absolute atomic E-state index is 8.55. The normalized spacial score (nSPS) is 12.0. The third-order valence-electron chi connectivity index (χ3n) is 1.97. The smallest absolute Gasteiger partial charge is 0.175 e. The Bertz CT molecular complexity index is 542. The van der Waals surface area contributed by atoms with E-state index in [0.717, 1.165) is 14.5 Å². The number of fused-ring (bicyclic) bond motifs is 1. The number of nitrogens with zero attached hydrogens (tertiary/aromatic N) is 2. The van der Waals surface area contributed by atoms with E-state index in [9.17, 15) is 0 Å². The fourth-order valence-corrected chi connectivity index (χ4v) is 1.88. The lowest BCUT2D eigenvalue weighted by Gasteiger charge is -2.00. The lowest BCUT2D eigenvalue weighted by molar-refractivity contribution is 0.321. The summed E-state index contributed by atoms with van der Waals surface area (Å²) in [6.45, 7) is 0. The lowest BCUT2D eigenvalue weighted by atomic mass is 10.1. The van der Waals surface area contributed by atoms with E-state index in [-0.39, 0.29) is 5.17 Å². The zero-order valence-electron chi connectivity index (χ0n) is 7.48. The zero-order chi connectivity index (χ0) is 10.8. The number of rotatable bonds is 1. The number of aromatic nitrogens is 1. The Labute approximate surface area is 105 Å². The minimum absolute atomic E-state index is 0.0794. The van der Waals surface area contributed by atoms with Gasteiger partial charge in [0.05, 0.1) is 5.52 Å². The highest BCUT2D eigenvalue weighted by Gasteiger charge is 2.02. The van der Waals surface area contributed by atoms with E-state index in [1.807, 2.05) is 18.2 Å². The summed E-state index contributed by atoms with van der Waals surface area (Å²) >= 11 is 7.90. The highest BCUT2D eigenvalue weighted by atomic mass is 127. The average Bonchev–Trinajstić information content (AvgIpc) is 2.27. The molecule has 0 radical (unpaired) electrons. The molecule has 0 aliphatic heterocycles. The highest BCUT2D eigenvalue weighted by Crippen LogP contribution is 2.17. The van der Waals surface area contributed by atoms with Gasteiger partial charge in [0.15, 0.2) is 5.17 Å². The van der Waals surface area contributed by atoms with E-state index < -0.39 is 0 Å². The quantitative estimate of drug-likeness (QED) is 0.377. The molecule has 3 nitrogen and oxygen atoms in total. The van der Waals surface area contributed by atoms with Crippen molar-refractivity contribution < 1.29 is 5.21 Å². The fraction of sp³-hybridized carbons (Fsp3) is 0. The Morgan fingerprint density at radius 2 is 2.20 bits per heavy atom. The van der Waals surface area contributed by atoms with Gasteiger partial charge in [-0.05, 0) is 46.9 Å². The monoisotopic (exact) mass is 332 g/mol. The molecule has 15 heavy (non-hydrogen) atoms. The van der Waals surface area contributed by atoms with Gasteiger partial charge in [0.1, 0.15) is 0 Å². The predicted molar refractivity (Wildman–Crippen MR) is 68.6 cm³/mol. The third kappa shape index (κ3) is 2.21. The van der Waals surface area contributed by atoms with Crippen LogP contribution in [0.4, 0.5) is 0 Å². The maximum atomic E-state index is 8.55. The van der Waals surface area contributed by atoms with Gasteiger partial charge in [-0.2, -0.15) is 0 Å². The van der Waals surface area contributed by atoms with Gasteiger partial charge in [0.25, 0.3) is 0 Å². The second-order valence-electron chi connectivity index (χ2n) is 2.95. The minimum atomic E-state index is 0.0794. The van der Waals surface area contributed by atoms with Gasteiger partial charge in [-0.3, -0.25) is 4.98 Å². The molecule has 76 valence electrons. The van der Waals surface area contributed by atoms with Gasteiger partial charge in [-0.15, -0.1) is 0 Å². The van der Waals surface area contributed by atoms with Crippen LogP contribution >= 0.6 is 34.2 Å². The molecule has 0 fully saturated rings. The molecule has 0 bridgehead atoms. The molecule has 5 heteroatoms. The highest BCUT2D eigenvalue weighted by molar-refractivity contribution is 14.1. The van der Waals surface area contributed by atoms with Crippen molar-refractivity contribution in [2.75, 3.05) is 0 Å². The van der Waals surface area contributed by atoms with Gasteiger partial charge in [-0.1, -0.05) is 16.8 Å². The molecule has 0 spiro atoms. The summed E-state index contributed by atoms with van der Waals surface area (Å²) in [6, 6.07) is 7.44. The Hall–Kier alpha value is -0.880. The van der Waals surface area contributed by atoms with Crippen molar-refractivity contribution in [1.29, 1.82) is 0 Å². The van der Waals surface area contributed by atoms with E-state index in [4.69, 9.17) is 16.8 Å². The summed E-state index contributed by atoms with van der Waals surface area (Å²) in [5.74, 6) is 0. The third-order valence-corrected chi connectivity index (χ3v) is 2.86. The molecular formula is C10H6ClIN2O. The van der Waals surface area contributed by atoms with Crippen LogP contribution < -0.4 is 0 Å². The van der Waals surface area contributed by atoms with Crippen molar-refractivity contribution in [3.8, 4) is 0 Å². The second-order valence-corrected chi connectivity index (χ2v) is 4.56. The van der Waals surface area contributed by atoms with Gasteiger partial charge in [0, 0.05) is 20.7 Å². The van der Waals surface area contributed by atoms with Crippen molar-refractivity contribution >= 4 is 50.3 Å². The summed E-state index contributed by atoms with van der Waals surface area (Å²) in [7, 11) is 0. The first-order valence-corrected chi connectivity index (χ1v) is 5.59. The van der Waals surface area contributed by atoms with Crippen LogP contribution in [0.5, 0.6) is 0 Å². The van der Waals surface area contributed by atoms with E-state index in [2.05, 4.69) is 32.7 Å². The largest absolute Gasteiger partial charge is 0.410 e. The van der Waals surface area contributed by atoms with Gasteiger partial charge < -0.3 is 5.21 Å². The van der Waals surface area contributed by atoms with Crippen molar-refractivity contribution in [1.82, 2.24) is 4.98 Å². The van der Waals surface area contributed by atoms with Crippen LogP contribution in [0, 0.1) is 3.57 Å². The molecule has 1 aromatic heterocycles. The van der Waals surface area contributed by atoms with E-state index >= 15 is 0 Å². The molecule has 0 aliphatic rings. The van der Waals surface area contributed by atoms with Crippen molar-refractivity contribution in [2.24, 2.45) is 5.16 Å². The van der Waals surface area contributed by atoms with Gasteiger partial charge in [-0.25, -0.2) is 0 Å². The van der Waals surface area contributed by atoms with Crippen LogP contribution in [0.2, 0.25) is 0 Å².